The zero-order valence-electron chi connectivity index (χ0n) is 14.1. The molecule has 0 atom stereocenters. The molecule has 2 nitrogen and oxygen atoms in total. The van der Waals surface area contributed by atoms with Crippen molar-refractivity contribution in [3.63, 3.8) is 0 Å². The van der Waals surface area contributed by atoms with E-state index in [1.807, 2.05) is 11.8 Å². The molecule has 0 unspecified atom stereocenters. The minimum absolute atomic E-state index is 0.134. The van der Waals surface area contributed by atoms with Gasteiger partial charge in [-0.3, -0.25) is 0 Å². The molecule has 2 aromatic carbocycles. The molecule has 24 heavy (non-hydrogen) atoms. The maximum absolute atomic E-state index is 9.18. The number of nitrogens with zero attached hydrogens (tertiary/aromatic N) is 1. The minimum atomic E-state index is 0.134. The van der Waals surface area contributed by atoms with Gasteiger partial charge >= 0.3 is 0 Å². The number of hydrogen-bond acceptors (Lipinski definition) is 3. The highest BCUT2D eigenvalue weighted by molar-refractivity contribution is 7.98. The third-order valence-corrected chi connectivity index (χ3v) is 5.31. The summed E-state index contributed by atoms with van der Waals surface area (Å²) in [5.74, 6) is 0.883. The summed E-state index contributed by atoms with van der Waals surface area (Å²) in [5, 5.41) is 9.18. The number of hydrogen-bond donors (Lipinski definition) is 1. The Balaban J connectivity index is 2.34. The van der Waals surface area contributed by atoms with Crippen molar-refractivity contribution in [2.45, 2.75) is 31.4 Å². The van der Waals surface area contributed by atoms with Crippen molar-refractivity contribution < 1.29 is 0 Å². The summed E-state index contributed by atoms with van der Waals surface area (Å²) in [6.45, 7) is 6.26. The Bertz CT molecular complexity index is 845. The molecule has 0 saturated carbocycles. The summed E-state index contributed by atoms with van der Waals surface area (Å²) in [6, 6.07) is 14.7. The van der Waals surface area contributed by atoms with Crippen molar-refractivity contribution in [1.29, 1.82) is 5.26 Å². The average Bonchev–Trinajstić information content (AvgIpc) is 2.54. The van der Waals surface area contributed by atoms with Crippen LogP contribution in [0, 0.1) is 32.1 Å². The van der Waals surface area contributed by atoms with E-state index in [9.17, 15) is 5.26 Å². The SMILES string of the molecule is Cc1cc(C=C(C#N)C(N)=S)c(C)c(CSc2ccccc2C)c1. The van der Waals surface area contributed by atoms with Gasteiger partial charge in [0.05, 0.1) is 5.57 Å². The molecule has 0 saturated heterocycles. The van der Waals surface area contributed by atoms with Crippen molar-refractivity contribution in [3.05, 3.63) is 69.8 Å². The number of thiocarbonyl (C=S) groups is 1. The Labute approximate surface area is 153 Å². The highest BCUT2D eigenvalue weighted by Crippen LogP contribution is 2.29. The molecule has 0 spiro atoms. The van der Waals surface area contributed by atoms with Gasteiger partial charge in [0.15, 0.2) is 0 Å². The van der Waals surface area contributed by atoms with Gasteiger partial charge in [0, 0.05) is 10.6 Å². The van der Waals surface area contributed by atoms with E-state index >= 15 is 0 Å². The van der Waals surface area contributed by atoms with Gasteiger partial charge in [0.25, 0.3) is 0 Å². The summed E-state index contributed by atoms with van der Waals surface area (Å²) >= 11 is 6.76. The van der Waals surface area contributed by atoms with E-state index in [1.54, 1.807) is 6.08 Å². The molecule has 0 aromatic heterocycles. The number of rotatable bonds is 5. The van der Waals surface area contributed by atoms with Crippen molar-refractivity contribution in [2.24, 2.45) is 5.73 Å². The molecule has 0 fully saturated rings. The van der Waals surface area contributed by atoms with Crippen LogP contribution in [0.5, 0.6) is 0 Å². The molecule has 0 radical (unpaired) electrons. The van der Waals surface area contributed by atoms with Crippen molar-refractivity contribution in [1.82, 2.24) is 0 Å². The number of nitrogens with two attached hydrogens (primary N) is 1. The van der Waals surface area contributed by atoms with Crippen LogP contribution < -0.4 is 5.73 Å². The van der Waals surface area contributed by atoms with Gasteiger partial charge in [0.2, 0.25) is 0 Å². The molecule has 0 bridgehead atoms. The molecule has 0 amide bonds. The van der Waals surface area contributed by atoms with Gasteiger partial charge in [-0.2, -0.15) is 5.26 Å². The van der Waals surface area contributed by atoms with Crippen LogP contribution in [0.3, 0.4) is 0 Å². The quantitative estimate of drug-likeness (QED) is 0.352. The van der Waals surface area contributed by atoms with E-state index in [4.69, 9.17) is 18.0 Å². The maximum Gasteiger partial charge on any atom is 0.114 e. The predicted octanol–water partition coefficient (Wildman–Crippen LogP) is 5.10. The third-order valence-electron chi connectivity index (χ3n) is 3.86. The summed E-state index contributed by atoms with van der Waals surface area (Å²) in [6.07, 6.45) is 1.78. The smallest absolute Gasteiger partial charge is 0.114 e. The molecular weight excluding hydrogens is 332 g/mol. The summed E-state index contributed by atoms with van der Waals surface area (Å²) in [5.41, 5.74) is 11.8. The van der Waals surface area contributed by atoms with Gasteiger partial charge in [-0.15, -0.1) is 11.8 Å². The topological polar surface area (TPSA) is 49.8 Å². The van der Waals surface area contributed by atoms with E-state index < -0.39 is 0 Å². The summed E-state index contributed by atoms with van der Waals surface area (Å²) in [7, 11) is 0. The Hall–Kier alpha value is -2.09. The number of benzene rings is 2. The lowest BCUT2D eigenvalue weighted by atomic mass is 9.98. The van der Waals surface area contributed by atoms with E-state index in [0.717, 1.165) is 22.4 Å². The number of aryl methyl sites for hydroxylation is 2. The number of nitriles is 1. The molecule has 0 heterocycles. The second kappa shape index (κ2) is 8.14. The molecule has 0 aliphatic rings. The highest BCUT2D eigenvalue weighted by atomic mass is 32.2. The fourth-order valence-corrected chi connectivity index (χ4v) is 3.64. The lowest BCUT2D eigenvalue weighted by Gasteiger charge is -2.12. The molecule has 4 heteroatoms. The molecule has 2 N–H and O–H groups in total. The van der Waals surface area contributed by atoms with E-state index in [0.29, 0.717) is 5.57 Å². The molecule has 2 aromatic rings. The fraction of sp³-hybridized carbons (Fsp3) is 0.200. The third kappa shape index (κ3) is 4.47. The van der Waals surface area contributed by atoms with Crippen LogP contribution >= 0.6 is 24.0 Å². The van der Waals surface area contributed by atoms with Gasteiger partial charge in [-0.25, -0.2) is 0 Å². The molecule has 2 rings (SSSR count). The maximum atomic E-state index is 9.18. The fourth-order valence-electron chi connectivity index (χ4n) is 2.45. The Morgan fingerprint density at radius 3 is 2.58 bits per heavy atom. The highest BCUT2D eigenvalue weighted by Gasteiger charge is 2.08. The van der Waals surface area contributed by atoms with E-state index in [1.165, 1.54) is 16.0 Å². The second-order valence-electron chi connectivity index (χ2n) is 5.73. The van der Waals surface area contributed by atoms with Crippen LogP contribution in [0.2, 0.25) is 0 Å². The van der Waals surface area contributed by atoms with Crippen LogP contribution in [0.1, 0.15) is 27.8 Å². The molecule has 122 valence electrons. The normalized spacial score (nSPS) is 11.2. The summed E-state index contributed by atoms with van der Waals surface area (Å²) < 4.78 is 0. The molecule has 0 aliphatic heterocycles. The Morgan fingerprint density at radius 1 is 1.25 bits per heavy atom. The van der Waals surface area contributed by atoms with Crippen LogP contribution in [-0.2, 0) is 5.75 Å². The van der Waals surface area contributed by atoms with Crippen molar-refractivity contribution in [2.75, 3.05) is 0 Å². The average molecular weight is 353 g/mol. The lowest BCUT2D eigenvalue weighted by molar-refractivity contribution is 1.24. The van der Waals surface area contributed by atoms with Gasteiger partial charge in [0.1, 0.15) is 11.1 Å². The minimum Gasteiger partial charge on any atom is -0.389 e. The van der Waals surface area contributed by atoms with Crippen LogP contribution in [0.4, 0.5) is 0 Å². The van der Waals surface area contributed by atoms with Crippen LogP contribution in [0.25, 0.3) is 6.08 Å². The van der Waals surface area contributed by atoms with Crippen molar-refractivity contribution in [3.8, 4) is 6.07 Å². The monoisotopic (exact) mass is 352 g/mol. The Kier molecular flexibility index (Phi) is 6.19. The standard InChI is InChI=1S/C20H20N2S2/c1-13-8-16(10-17(11-21)20(22)23)15(3)18(9-13)12-24-19-7-5-4-6-14(19)2/h4-10H,12H2,1-3H3,(H2,22,23). The molecular formula is C20H20N2S2. The van der Waals surface area contributed by atoms with E-state index in [2.05, 4.69) is 63.2 Å². The first-order valence-corrected chi connectivity index (χ1v) is 9.02. The first-order valence-electron chi connectivity index (χ1n) is 7.62. The Morgan fingerprint density at radius 2 is 1.96 bits per heavy atom. The first kappa shape index (κ1) is 18.3. The van der Waals surface area contributed by atoms with Gasteiger partial charge < -0.3 is 5.73 Å². The van der Waals surface area contributed by atoms with Gasteiger partial charge in [-0.1, -0.05) is 48.1 Å². The number of thioether (sulfide) groups is 1. The van der Waals surface area contributed by atoms with Gasteiger partial charge in [-0.05, 0) is 55.2 Å². The summed E-state index contributed by atoms with van der Waals surface area (Å²) in [4.78, 5) is 1.42. The largest absolute Gasteiger partial charge is 0.389 e. The van der Waals surface area contributed by atoms with E-state index in [-0.39, 0.29) is 4.99 Å². The lowest BCUT2D eigenvalue weighted by Crippen LogP contribution is -2.10. The first-order chi connectivity index (χ1) is 11.4. The van der Waals surface area contributed by atoms with Crippen molar-refractivity contribution >= 4 is 35.0 Å². The molecule has 0 aliphatic carbocycles. The van der Waals surface area contributed by atoms with Crippen LogP contribution in [-0.4, -0.2) is 4.99 Å². The second-order valence-corrected chi connectivity index (χ2v) is 7.18. The zero-order chi connectivity index (χ0) is 17.7. The van der Waals surface area contributed by atoms with Crippen LogP contribution in [0.15, 0.2) is 46.9 Å². The predicted molar refractivity (Wildman–Crippen MR) is 107 cm³/mol. The zero-order valence-corrected chi connectivity index (χ0v) is 15.7.